The summed E-state index contributed by atoms with van der Waals surface area (Å²) in [6, 6.07) is 1.88. The number of carbonyl (C=O) groups excluding carboxylic acids is 1. The van der Waals surface area contributed by atoms with Crippen LogP contribution in [0.15, 0.2) is 18.5 Å². The minimum Gasteiger partial charge on any atom is -0.350 e. The first kappa shape index (κ1) is 14.1. The van der Waals surface area contributed by atoms with E-state index < -0.39 is 0 Å². The highest BCUT2D eigenvalue weighted by molar-refractivity contribution is 5.79. The molecule has 4 nitrogen and oxygen atoms in total. The summed E-state index contributed by atoms with van der Waals surface area (Å²) in [4.78, 5) is 12.3. The summed E-state index contributed by atoms with van der Waals surface area (Å²) in [5.74, 6) is 0.106. The van der Waals surface area contributed by atoms with E-state index in [-0.39, 0.29) is 22.8 Å². The van der Waals surface area contributed by atoms with Crippen molar-refractivity contribution in [3.63, 3.8) is 0 Å². The normalized spacial score (nSPS) is 18.9. The first-order valence-electron chi connectivity index (χ1n) is 7.09. The monoisotopic (exact) mass is 263 g/mol. The second-order valence-corrected chi connectivity index (χ2v) is 7.14. The lowest BCUT2D eigenvalue weighted by atomic mass is 9.86. The third-order valence-corrected chi connectivity index (χ3v) is 3.58. The van der Waals surface area contributed by atoms with E-state index in [1.54, 1.807) is 6.20 Å². The van der Waals surface area contributed by atoms with Gasteiger partial charge in [0.1, 0.15) is 0 Å². The number of carbonyl (C=O) groups is 1. The summed E-state index contributed by atoms with van der Waals surface area (Å²) in [6.07, 6.45) is 6.92. The highest BCUT2D eigenvalue weighted by Crippen LogP contribution is 2.44. The Hall–Kier alpha value is -1.32. The van der Waals surface area contributed by atoms with Crippen LogP contribution in [0.4, 0.5) is 0 Å². The van der Waals surface area contributed by atoms with Crippen LogP contribution < -0.4 is 5.32 Å². The number of nitrogens with zero attached hydrogens (tertiary/aromatic N) is 2. The Morgan fingerprint density at radius 2 is 2.16 bits per heavy atom. The van der Waals surface area contributed by atoms with Gasteiger partial charge in [0.2, 0.25) is 5.91 Å². The van der Waals surface area contributed by atoms with Gasteiger partial charge in [0, 0.05) is 17.9 Å². The lowest BCUT2D eigenvalue weighted by Gasteiger charge is -2.27. The van der Waals surface area contributed by atoms with E-state index in [9.17, 15) is 4.79 Å². The van der Waals surface area contributed by atoms with Crippen molar-refractivity contribution >= 4 is 5.91 Å². The molecule has 1 unspecified atom stereocenters. The Kier molecular flexibility index (Phi) is 3.70. The molecular weight excluding hydrogens is 238 g/mol. The first-order chi connectivity index (χ1) is 8.80. The molecule has 0 aromatic carbocycles. The van der Waals surface area contributed by atoms with Crippen LogP contribution in [-0.4, -0.2) is 21.2 Å². The van der Waals surface area contributed by atoms with Crippen LogP contribution >= 0.6 is 0 Å². The molecule has 106 valence electrons. The molecule has 0 aliphatic heterocycles. The van der Waals surface area contributed by atoms with Crippen molar-refractivity contribution in [1.82, 2.24) is 15.1 Å². The van der Waals surface area contributed by atoms with Crippen molar-refractivity contribution in [1.29, 1.82) is 0 Å². The Morgan fingerprint density at radius 1 is 1.47 bits per heavy atom. The quantitative estimate of drug-likeness (QED) is 0.887. The largest absolute Gasteiger partial charge is 0.350 e. The van der Waals surface area contributed by atoms with Crippen LogP contribution in [0.2, 0.25) is 0 Å². The van der Waals surface area contributed by atoms with Gasteiger partial charge in [-0.25, -0.2) is 0 Å². The zero-order valence-corrected chi connectivity index (χ0v) is 12.4. The van der Waals surface area contributed by atoms with Crippen molar-refractivity contribution in [2.75, 3.05) is 0 Å². The van der Waals surface area contributed by atoms with E-state index in [2.05, 4.69) is 31.2 Å². The molecule has 1 aliphatic carbocycles. The number of rotatable bonds is 5. The molecule has 0 bridgehead atoms. The molecule has 2 rings (SSSR count). The van der Waals surface area contributed by atoms with Gasteiger partial charge in [0.25, 0.3) is 0 Å². The van der Waals surface area contributed by atoms with E-state index in [1.807, 2.05) is 23.9 Å². The molecule has 1 heterocycles. The van der Waals surface area contributed by atoms with Crippen molar-refractivity contribution in [2.24, 2.45) is 11.3 Å². The topological polar surface area (TPSA) is 46.9 Å². The van der Waals surface area contributed by atoms with Gasteiger partial charge in [-0.1, -0.05) is 27.7 Å². The minimum absolute atomic E-state index is 0.0441. The molecular formula is C15H25N3O. The lowest BCUT2D eigenvalue weighted by Crippen LogP contribution is -2.43. The van der Waals surface area contributed by atoms with Crippen LogP contribution in [0, 0.1) is 11.3 Å². The van der Waals surface area contributed by atoms with E-state index in [0.717, 1.165) is 19.3 Å². The maximum absolute atomic E-state index is 12.3. The van der Waals surface area contributed by atoms with Gasteiger partial charge in [0.05, 0.1) is 12.5 Å². The van der Waals surface area contributed by atoms with E-state index in [0.29, 0.717) is 6.54 Å². The van der Waals surface area contributed by atoms with Crippen molar-refractivity contribution < 1.29 is 4.79 Å². The molecule has 0 saturated heterocycles. The second kappa shape index (κ2) is 4.99. The van der Waals surface area contributed by atoms with Gasteiger partial charge in [-0.15, -0.1) is 0 Å². The number of hydrogen-bond donors (Lipinski definition) is 1. The molecule has 4 heteroatoms. The zero-order chi connectivity index (χ0) is 14.1. The van der Waals surface area contributed by atoms with Crippen LogP contribution in [0.25, 0.3) is 0 Å². The van der Waals surface area contributed by atoms with Crippen molar-refractivity contribution in [2.45, 2.75) is 59.0 Å². The Bertz CT molecular complexity index is 427. The third kappa shape index (κ3) is 4.08. The summed E-state index contributed by atoms with van der Waals surface area (Å²) >= 11 is 0. The van der Waals surface area contributed by atoms with Gasteiger partial charge in [0.15, 0.2) is 0 Å². The van der Waals surface area contributed by atoms with E-state index in [4.69, 9.17) is 0 Å². The molecule has 1 aromatic rings. The maximum Gasteiger partial charge on any atom is 0.225 e. The zero-order valence-electron chi connectivity index (χ0n) is 12.4. The fourth-order valence-electron chi connectivity index (χ4n) is 2.67. The highest BCUT2D eigenvalue weighted by atomic mass is 16.2. The summed E-state index contributed by atoms with van der Waals surface area (Å²) in [6.45, 7) is 9.29. The lowest BCUT2D eigenvalue weighted by molar-refractivity contribution is -0.126. The molecule has 0 spiro atoms. The second-order valence-electron chi connectivity index (χ2n) is 7.14. The Labute approximate surface area is 115 Å². The van der Waals surface area contributed by atoms with Gasteiger partial charge >= 0.3 is 0 Å². The van der Waals surface area contributed by atoms with Gasteiger partial charge in [-0.2, -0.15) is 5.10 Å². The summed E-state index contributed by atoms with van der Waals surface area (Å²) in [7, 11) is 0. The maximum atomic E-state index is 12.3. The Balaban J connectivity index is 1.87. The molecule has 1 N–H and O–H groups in total. The van der Waals surface area contributed by atoms with Crippen LogP contribution in [-0.2, 0) is 11.3 Å². The SMILES string of the molecule is CC(Cn1cccn1)C(=O)NC1(CC(C)(C)C)CC1. The molecule has 1 atom stereocenters. The highest BCUT2D eigenvalue weighted by Gasteiger charge is 2.46. The number of hydrogen-bond acceptors (Lipinski definition) is 2. The summed E-state index contributed by atoms with van der Waals surface area (Å²) < 4.78 is 1.81. The smallest absolute Gasteiger partial charge is 0.225 e. The van der Waals surface area contributed by atoms with Crippen molar-refractivity contribution in [3.05, 3.63) is 18.5 Å². The molecule has 1 amide bonds. The van der Waals surface area contributed by atoms with E-state index >= 15 is 0 Å². The number of amides is 1. The van der Waals surface area contributed by atoms with E-state index in [1.165, 1.54) is 0 Å². The molecule has 1 fully saturated rings. The van der Waals surface area contributed by atoms with Crippen LogP contribution in [0.1, 0.15) is 47.0 Å². The standard InChI is InChI=1S/C15H25N3O/c1-12(10-18-9-5-8-16-18)13(19)17-15(6-7-15)11-14(2,3)4/h5,8-9,12H,6-7,10-11H2,1-4H3,(H,17,19). The Morgan fingerprint density at radius 3 is 2.63 bits per heavy atom. The summed E-state index contributed by atoms with van der Waals surface area (Å²) in [5.41, 5.74) is 0.322. The predicted octanol–water partition coefficient (Wildman–Crippen LogP) is 2.60. The molecule has 1 aliphatic rings. The average molecular weight is 263 g/mol. The molecule has 1 saturated carbocycles. The van der Waals surface area contributed by atoms with Gasteiger partial charge < -0.3 is 5.32 Å². The number of aromatic nitrogens is 2. The van der Waals surface area contributed by atoms with Gasteiger partial charge in [-0.05, 0) is 30.7 Å². The average Bonchev–Trinajstić information content (AvgIpc) is 2.81. The molecule has 1 aromatic heterocycles. The summed E-state index contributed by atoms with van der Waals surface area (Å²) in [5, 5.41) is 7.40. The predicted molar refractivity (Wildman–Crippen MR) is 75.6 cm³/mol. The number of nitrogens with one attached hydrogen (secondary N) is 1. The first-order valence-corrected chi connectivity index (χ1v) is 7.09. The van der Waals surface area contributed by atoms with Crippen LogP contribution in [0.5, 0.6) is 0 Å². The van der Waals surface area contributed by atoms with Crippen LogP contribution in [0.3, 0.4) is 0 Å². The molecule has 19 heavy (non-hydrogen) atoms. The third-order valence-electron chi connectivity index (χ3n) is 3.58. The van der Waals surface area contributed by atoms with Crippen molar-refractivity contribution in [3.8, 4) is 0 Å². The van der Waals surface area contributed by atoms with Gasteiger partial charge in [-0.3, -0.25) is 9.48 Å². The fourth-order valence-corrected chi connectivity index (χ4v) is 2.67. The fraction of sp³-hybridized carbons (Fsp3) is 0.733. The minimum atomic E-state index is -0.0441. The molecule has 0 radical (unpaired) electrons.